The van der Waals surface area contributed by atoms with Gasteiger partial charge in [-0.05, 0) is 20.8 Å². The molecule has 13 heavy (non-hydrogen) atoms. The average molecular weight is 197 g/mol. The predicted octanol–water partition coefficient (Wildman–Crippen LogP) is 2.17. The van der Waals surface area contributed by atoms with Gasteiger partial charge in [-0.1, -0.05) is 0 Å². The first kappa shape index (κ1) is 12.4. The maximum Gasteiger partial charge on any atom is 0.417 e. The number of aliphatic hydroxyl groups is 1. The van der Waals surface area contributed by atoms with Gasteiger partial charge in [0, 0.05) is 18.7 Å². The smallest absolute Gasteiger partial charge is 0.380 e. The molecule has 0 aliphatic heterocycles. The number of alkyl halides is 3. The number of aliphatic imine (C=N–C) groups is 1. The molecule has 0 aliphatic carbocycles. The summed E-state index contributed by atoms with van der Waals surface area (Å²) in [5.74, 6) is 0. The third-order valence-corrected chi connectivity index (χ3v) is 1.50. The Hall–Kier alpha value is -0.580. The molecule has 0 aromatic heterocycles. The number of rotatable bonds is 3. The quantitative estimate of drug-likeness (QED) is 0.691. The van der Waals surface area contributed by atoms with Crippen LogP contribution in [0.2, 0.25) is 0 Å². The van der Waals surface area contributed by atoms with Crippen molar-refractivity contribution in [2.24, 2.45) is 4.99 Å². The number of hydrogen-bond acceptors (Lipinski definition) is 2. The summed E-state index contributed by atoms with van der Waals surface area (Å²) in [6.07, 6.45) is -4.00. The van der Waals surface area contributed by atoms with E-state index in [9.17, 15) is 13.2 Å². The molecule has 0 saturated carbocycles. The normalized spacial score (nSPS) is 18.2. The van der Waals surface area contributed by atoms with Crippen molar-refractivity contribution in [1.29, 1.82) is 0 Å². The van der Waals surface area contributed by atoms with E-state index in [0.717, 1.165) is 13.1 Å². The molecular weight excluding hydrogens is 183 g/mol. The fourth-order valence-corrected chi connectivity index (χ4v) is 0.557. The molecule has 0 spiro atoms. The molecule has 0 radical (unpaired) electrons. The van der Waals surface area contributed by atoms with E-state index < -0.39 is 18.2 Å². The largest absolute Gasteiger partial charge is 0.417 e. The molecular formula is C8H14F3NO. The van der Waals surface area contributed by atoms with E-state index in [1.165, 1.54) is 0 Å². The Morgan fingerprint density at radius 2 is 1.85 bits per heavy atom. The summed E-state index contributed by atoms with van der Waals surface area (Å²) in [5.41, 5.74) is -2.68. The van der Waals surface area contributed by atoms with E-state index in [0.29, 0.717) is 0 Å². The highest BCUT2D eigenvalue weighted by Gasteiger charge is 2.48. The zero-order valence-electron chi connectivity index (χ0n) is 7.89. The number of hydrogen-bond donors (Lipinski definition) is 1. The first-order valence-electron chi connectivity index (χ1n) is 3.97. The van der Waals surface area contributed by atoms with E-state index in [1.54, 1.807) is 13.8 Å². The van der Waals surface area contributed by atoms with Crippen molar-refractivity contribution < 1.29 is 18.3 Å². The second-order valence-corrected chi connectivity index (χ2v) is 3.40. The van der Waals surface area contributed by atoms with Gasteiger partial charge < -0.3 is 5.11 Å². The SMILES string of the molecule is CC(C)N=CC[C@@](C)(O)C(F)(F)F. The lowest BCUT2D eigenvalue weighted by molar-refractivity contribution is -0.249. The monoisotopic (exact) mass is 197 g/mol. The van der Waals surface area contributed by atoms with Crippen LogP contribution in [0.4, 0.5) is 13.2 Å². The van der Waals surface area contributed by atoms with Gasteiger partial charge in [0.1, 0.15) is 0 Å². The van der Waals surface area contributed by atoms with E-state index in [4.69, 9.17) is 5.11 Å². The molecule has 0 bridgehead atoms. The predicted molar refractivity (Wildman–Crippen MR) is 44.9 cm³/mol. The van der Waals surface area contributed by atoms with Crippen molar-refractivity contribution in [3.8, 4) is 0 Å². The number of nitrogens with zero attached hydrogens (tertiary/aromatic N) is 1. The first-order valence-corrected chi connectivity index (χ1v) is 3.97. The van der Waals surface area contributed by atoms with Crippen LogP contribution in [0.1, 0.15) is 27.2 Å². The Bertz CT molecular complexity index is 184. The molecule has 0 fully saturated rings. The highest BCUT2D eigenvalue weighted by Crippen LogP contribution is 2.31. The molecule has 0 saturated heterocycles. The van der Waals surface area contributed by atoms with Crippen LogP contribution in [-0.2, 0) is 0 Å². The van der Waals surface area contributed by atoms with Crippen LogP contribution in [0, 0.1) is 0 Å². The van der Waals surface area contributed by atoms with Crippen molar-refractivity contribution in [1.82, 2.24) is 0 Å². The third kappa shape index (κ3) is 4.26. The van der Waals surface area contributed by atoms with Crippen molar-refractivity contribution >= 4 is 6.21 Å². The Balaban J connectivity index is 4.20. The molecule has 0 unspecified atom stereocenters. The Morgan fingerprint density at radius 3 is 2.15 bits per heavy atom. The van der Waals surface area contributed by atoms with Crippen LogP contribution in [0.3, 0.4) is 0 Å². The molecule has 5 heteroatoms. The van der Waals surface area contributed by atoms with Crippen LogP contribution in [0.15, 0.2) is 4.99 Å². The van der Waals surface area contributed by atoms with Gasteiger partial charge in [-0.3, -0.25) is 4.99 Å². The molecule has 0 aromatic rings. The Morgan fingerprint density at radius 1 is 1.38 bits per heavy atom. The molecule has 78 valence electrons. The van der Waals surface area contributed by atoms with Crippen LogP contribution < -0.4 is 0 Å². The zero-order valence-corrected chi connectivity index (χ0v) is 7.89. The third-order valence-electron chi connectivity index (χ3n) is 1.50. The molecule has 1 N–H and O–H groups in total. The van der Waals surface area contributed by atoms with Gasteiger partial charge in [-0.25, -0.2) is 0 Å². The van der Waals surface area contributed by atoms with Crippen molar-refractivity contribution in [3.63, 3.8) is 0 Å². The summed E-state index contributed by atoms with van der Waals surface area (Å²) in [6, 6.07) is -0.0518. The highest BCUT2D eigenvalue weighted by molar-refractivity contribution is 5.59. The summed E-state index contributed by atoms with van der Waals surface area (Å²) < 4.78 is 36.1. The molecule has 0 aromatic carbocycles. The second kappa shape index (κ2) is 4.09. The summed E-state index contributed by atoms with van der Waals surface area (Å²) in [5, 5.41) is 8.95. The van der Waals surface area contributed by atoms with Gasteiger partial charge in [0.2, 0.25) is 0 Å². The van der Waals surface area contributed by atoms with Crippen LogP contribution in [-0.4, -0.2) is 29.1 Å². The molecule has 2 nitrogen and oxygen atoms in total. The summed E-state index contributed by atoms with van der Waals surface area (Å²) in [7, 11) is 0. The first-order chi connectivity index (χ1) is 5.67. The molecule has 0 rings (SSSR count). The lowest BCUT2D eigenvalue weighted by Crippen LogP contribution is -2.42. The van der Waals surface area contributed by atoms with Crippen molar-refractivity contribution in [3.05, 3.63) is 0 Å². The summed E-state index contributed by atoms with van der Waals surface area (Å²) >= 11 is 0. The van der Waals surface area contributed by atoms with Gasteiger partial charge >= 0.3 is 6.18 Å². The molecule has 0 aliphatic rings. The Kier molecular flexibility index (Phi) is 3.90. The minimum absolute atomic E-state index is 0.0518. The Labute approximate surface area is 75.5 Å². The minimum atomic E-state index is -4.60. The van der Waals surface area contributed by atoms with Crippen LogP contribution >= 0.6 is 0 Å². The maximum absolute atomic E-state index is 12.0. The van der Waals surface area contributed by atoms with E-state index in [2.05, 4.69) is 4.99 Å². The van der Waals surface area contributed by atoms with Gasteiger partial charge in [0.05, 0.1) is 0 Å². The fraction of sp³-hybridized carbons (Fsp3) is 0.875. The lowest BCUT2D eigenvalue weighted by Gasteiger charge is -2.24. The van der Waals surface area contributed by atoms with Gasteiger partial charge in [0.25, 0.3) is 0 Å². The van der Waals surface area contributed by atoms with Gasteiger partial charge in [-0.2, -0.15) is 13.2 Å². The zero-order chi connectivity index (χ0) is 10.7. The average Bonchev–Trinajstić information content (AvgIpc) is 1.82. The standard InChI is InChI=1S/C8H14F3NO/c1-6(2)12-5-4-7(3,13)8(9,10)11/h5-6,13H,4H2,1-3H3/t7-/m1/s1. The molecule has 0 amide bonds. The van der Waals surface area contributed by atoms with E-state index >= 15 is 0 Å². The fourth-order valence-electron chi connectivity index (χ4n) is 0.557. The van der Waals surface area contributed by atoms with Gasteiger partial charge in [0.15, 0.2) is 5.60 Å². The second-order valence-electron chi connectivity index (χ2n) is 3.40. The maximum atomic E-state index is 12.0. The summed E-state index contributed by atoms with van der Waals surface area (Å²) in [4.78, 5) is 3.74. The van der Waals surface area contributed by atoms with E-state index in [-0.39, 0.29) is 6.04 Å². The van der Waals surface area contributed by atoms with Crippen molar-refractivity contribution in [2.75, 3.05) is 0 Å². The van der Waals surface area contributed by atoms with Crippen LogP contribution in [0.25, 0.3) is 0 Å². The van der Waals surface area contributed by atoms with E-state index in [1.807, 2.05) is 0 Å². The molecule has 0 heterocycles. The lowest BCUT2D eigenvalue weighted by atomic mass is 10.0. The highest BCUT2D eigenvalue weighted by atomic mass is 19.4. The van der Waals surface area contributed by atoms with Crippen molar-refractivity contribution in [2.45, 2.75) is 45.0 Å². The van der Waals surface area contributed by atoms with Crippen LogP contribution in [0.5, 0.6) is 0 Å². The topological polar surface area (TPSA) is 32.6 Å². The molecule has 1 atom stereocenters. The van der Waals surface area contributed by atoms with Gasteiger partial charge in [-0.15, -0.1) is 0 Å². The number of halogens is 3. The summed E-state index contributed by atoms with van der Waals surface area (Å²) in [6.45, 7) is 4.23. The minimum Gasteiger partial charge on any atom is -0.380 e.